The Bertz CT molecular complexity index is 872. The van der Waals surface area contributed by atoms with Crippen molar-refractivity contribution in [2.45, 2.75) is 19.4 Å². The van der Waals surface area contributed by atoms with Gasteiger partial charge in [0.1, 0.15) is 0 Å². The van der Waals surface area contributed by atoms with E-state index in [2.05, 4.69) is 10.3 Å². The number of piperidine rings is 1. The van der Waals surface area contributed by atoms with E-state index in [0.717, 1.165) is 11.0 Å². The number of carbonyl (C=O) groups excluding carboxylic acids is 1. The highest BCUT2D eigenvalue weighted by molar-refractivity contribution is 6.42. The summed E-state index contributed by atoms with van der Waals surface area (Å²) in [6.07, 6.45) is 1.48. The van der Waals surface area contributed by atoms with Gasteiger partial charge in [-0.1, -0.05) is 23.2 Å². The molecule has 0 saturated carbocycles. The zero-order valence-electron chi connectivity index (χ0n) is 11.5. The molecule has 1 aliphatic heterocycles. The first-order valence-corrected chi connectivity index (χ1v) is 7.62. The van der Waals surface area contributed by atoms with Crippen LogP contribution in [-0.4, -0.2) is 22.0 Å². The second kappa shape index (κ2) is 5.78. The lowest BCUT2D eigenvalue weighted by Gasteiger charge is -2.22. The van der Waals surface area contributed by atoms with Crippen LogP contribution in [0.3, 0.4) is 0 Å². The quantitative estimate of drug-likeness (QED) is 0.868. The van der Waals surface area contributed by atoms with E-state index in [4.69, 9.17) is 23.2 Å². The molecule has 1 amide bonds. The lowest BCUT2D eigenvalue weighted by atomic mass is 9.98. The topological polar surface area (TPSA) is 84.0 Å². The van der Waals surface area contributed by atoms with Crippen molar-refractivity contribution >= 4 is 40.0 Å². The predicted octanol–water partition coefficient (Wildman–Crippen LogP) is 1.52. The van der Waals surface area contributed by atoms with Gasteiger partial charge in [-0.25, -0.2) is 4.79 Å². The summed E-state index contributed by atoms with van der Waals surface area (Å²) in [5.41, 5.74) is -0.710. The third-order valence-electron chi connectivity index (χ3n) is 3.83. The minimum Gasteiger partial charge on any atom is -0.356 e. The third kappa shape index (κ3) is 2.64. The van der Waals surface area contributed by atoms with Gasteiger partial charge in [-0.15, -0.1) is 0 Å². The zero-order valence-corrected chi connectivity index (χ0v) is 13.0. The number of hydrogen-bond donors (Lipinski definition) is 2. The summed E-state index contributed by atoms with van der Waals surface area (Å²) >= 11 is 11.8. The Morgan fingerprint density at radius 3 is 2.64 bits per heavy atom. The van der Waals surface area contributed by atoms with Crippen LogP contribution in [0.5, 0.6) is 0 Å². The summed E-state index contributed by atoms with van der Waals surface area (Å²) in [6, 6.07) is 2.87. The van der Waals surface area contributed by atoms with Crippen LogP contribution in [0.1, 0.15) is 12.8 Å². The Morgan fingerprint density at radius 1 is 1.18 bits per heavy atom. The summed E-state index contributed by atoms with van der Waals surface area (Å²) < 4.78 is 1.04. The summed E-state index contributed by atoms with van der Waals surface area (Å²) in [5.74, 6) is -0.514. The van der Waals surface area contributed by atoms with E-state index in [1.807, 2.05) is 0 Å². The number of aromatic nitrogens is 2. The molecule has 3 rings (SSSR count). The van der Waals surface area contributed by atoms with Gasteiger partial charge in [0.05, 0.1) is 26.9 Å². The van der Waals surface area contributed by atoms with Crippen molar-refractivity contribution in [3.63, 3.8) is 0 Å². The smallest absolute Gasteiger partial charge is 0.328 e. The van der Waals surface area contributed by atoms with Crippen LogP contribution in [0.25, 0.3) is 10.9 Å². The molecule has 6 nitrogen and oxygen atoms in total. The second-order valence-electron chi connectivity index (χ2n) is 5.29. The van der Waals surface area contributed by atoms with Gasteiger partial charge >= 0.3 is 5.69 Å². The normalized spacial score (nSPS) is 18.5. The van der Waals surface area contributed by atoms with E-state index in [1.165, 1.54) is 12.1 Å². The molecule has 1 aromatic heterocycles. The first-order chi connectivity index (χ1) is 10.5. The Morgan fingerprint density at radius 2 is 1.91 bits per heavy atom. The number of amides is 1. The summed E-state index contributed by atoms with van der Waals surface area (Å²) in [4.78, 5) is 39.0. The summed E-state index contributed by atoms with van der Waals surface area (Å²) in [6.45, 7) is 0.683. The van der Waals surface area contributed by atoms with Crippen molar-refractivity contribution < 1.29 is 4.79 Å². The standard InChI is InChI=1S/C14H13Cl2N3O3/c15-9-4-8-11(5-10(9)16)18-14(22)19(13(8)21)6-7-2-1-3-17-12(7)20/h4-5,7H,1-3,6H2,(H,17,20)(H,18,22). The molecular weight excluding hydrogens is 329 g/mol. The van der Waals surface area contributed by atoms with Crippen LogP contribution in [0, 0.1) is 5.92 Å². The van der Waals surface area contributed by atoms with Crippen molar-refractivity contribution in [3.05, 3.63) is 43.0 Å². The molecular formula is C14H13Cl2N3O3. The molecule has 0 spiro atoms. The van der Waals surface area contributed by atoms with Crippen LogP contribution in [0.2, 0.25) is 10.0 Å². The predicted molar refractivity (Wildman–Crippen MR) is 84.6 cm³/mol. The number of nitrogens with one attached hydrogen (secondary N) is 2. The van der Waals surface area contributed by atoms with E-state index in [-0.39, 0.29) is 33.8 Å². The van der Waals surface area contributed by atoms with Gasteiger partial charge in [0.15, 0.2) is 0 Å². The fourth-order valence-corrected chi connectivity index (χ4v) is 2.97. The number of aromatic amines is 1. The lowest BCUT2D eigenvalue weighted by molar-refractivity contribution is -0.127. The zero-order chi connectivity index (χ0) is 15.9. The van der Waals surface area contributed by atoms with Crippen molar-refractivity contribution in [2.75, 3.05) is 6.54 Å². The lowest BCUT2D eigenvalue weighted by Crippen LogP contribution is -2.43. The number of hydrogen-bond acceptors (Lipinski definition) is 3. The maximum atomic E-state index is 12.5. The molecule has 2 aromatic rings. The molecule has 0 radical (unpaired) electrons. The van der Waals surface area contributed by atoms with Crippen molar-refractivity contribution in [3.8, 4) is 0 Å². The minimum absolute atomic E-state index is 0.0518. The maximum absolute atomic E-state index is 12.5. The van der Waals surface area contributed by atoms with E-state index in [0.29, 0.717) is 18.5 Å². The number of carbonyl (C=O) groups is 1. The molecule has 8 heteroatoms. The highest BCUT2D eigenvalue weighted by Gasteiger charge is 2.24. The van der Waals surface area contributed by atoms with Gasteiger partial charge < -0.3 is 10.3 Å². The van der Waals surface area contributed by atoms with Crippen LogP contribution in [0.15, 0.2) is 21.7 Å². The number of nitrogens with zero attached hydrogens (tertiary/aromatic N) is 1. The van der Waals surface area contributed by atoms with Gasteiger partial charge in [-0.2, -0.15) is 0 Å². The minimum atomic E-state index is -0.561. The largest absolute Gasteiger partial charge is 0.356 e. The summed E-state index contributed by atoms with van der Waals surface area (Å²) in [7, 11) is 0. The van der Waals surface area contributed by atoms with Gasteiger partial charge in [0, 0.05) is 13.1 Å². The van der Waals surface area contributed by atoms with Crippen molar-refractivity contribution in [1.29, 1.82) is 0 Å². The summed E-state index contributed by atoms with van der Waals surface area (Å²) in [5, 5.41) is 3.50. The highest BCUT2D eigenvalue weighted by Crippen LogP contribution is 2.24. The first kappa shape index (κ1) is 15.1. The van der Waals surface area contributed by atoms with Crippen LogP contribution in [0.4, 0.5) is 0 Å². The molecule has 1 atom stereocenters. The molecule has 1 fully saturated rings. The average Bonchev–Trinajstić information content (AvgIpc) is 2.48. The fourth-order valence-electron chi connectivity index (χ4n) is 2.64. The van der Waals surface area contributed by atoms with Gasteiger partial charge in [0.25, 0.3) is 5.56 Å². The van der Waals surface area contributed by atoms with Gasteiger partial charge in [-0.05, 0) is 25.0 Å². The molecule has 0 bridgehead atoms. The Labute approximate surface area is 135 Å². The molecule has 1 unspecified atom stereocenters. The number of rotatable bonds is 2. The molecule has 0 aliphatic carbocycles. The molecule has 22 heavy (non-hydrogen) atoms. The Kier molecular flexibility index (Phi) is 3.97. The molecule has 116 valence electrons. The van der Waals surface area contributed by atoms with E-state index in [9.17, 15) is 14.4 Å². The van der Waals surface area contributed by atoms with E-state index >= 15 is 0 Å². The number of fused-ring (bicyclic) bond motifs is 1. The monoisotopic (exact) mass is 341 g/mol. The number of benzene rings is 1. The third-order valence-corrected chi connectivity index (χ3v) is 4.55. The van der Waals surface area contributed by atoms with Crippen molar-refractivity contribution in [1.82, 2.24) is 14.9 Å². The molecule has 1 aromatic carbocycles. The molecule has 1 saturated heterocycles. The van der Waals surface area contributed by atoms with Crippen LogP contribution < -0.4 is 16.6 Å². The highest BCUT2D eigenvalue weighted by atomic mass is 35.5. The van der Waals surface area contributed by atoms with Gasteiger partial charge in [0.2, 0.25) is 5.91 Å². The molecule has 2 N–H and O–H groups in total. The van der Waals surface area contributed by atoms with E-state index in [1.54, 1.807) is 0 Å². The molecule has 1 aliphatic rings. The maximum Gasteiger partial charge on any atom is 0.328 e. The average molecular weight is 342 g/mol. The van der Waals surface area contributed by atoms with Crippen LogP contribution in [-0.2, 0) is 11.3 Å². The Hall–Kier alpha value is -1.79. The number of H-pyrrole nitrogens is 1. The first-order valence-electron chi connectivity index (χ1n) is 6.87. The SMILES string of the molecule is O=C1NCCCC1Cn1c(=O)[nH]c2cc(Cl)c(Cl)cc2c1=O. The van der Waals surface area contributed by atoms with Gasteiger partial charge in [-0.3, -0.25) is 14.2 Å². The fraction of sp³-hybridized carbons (Fsp3) is 0.357. The number of halogens is 2. The Balaban J connectivity index is 2.10. The second-order valence-corrected chi connectivity index (χ2v) is 6.10. The molecule has 2 heterocycles. The van der Waals surface area contributed by atoms with Crippen molar-refractivity contribution in [2.24, 2.45) is 5.92 Å². The van der Waals surface area contributed by atoms with Crippen LogP contribution >= 0.6 is 23.2 Å². The van der Waals surface area contributed by atoms with E-state index < -0.39 is 11.2 Å².